The first kappa shape index (κ1) is 21.4. The Balaban J connectivity index is 1.87. The molecule has 2 aromatic carbocycles. The van der Waals surface area contributed by atoms with Crippen molar-refractivity contribution in [3.05, 3.63) is 59.9 Å². The van der Waals surface area contributed by atoms with Gasteiger partial charge in [0.1, 0.15) is 11.5 Å². The van der Waals surface area contributed by atoms with Crippen molar-refractivity contribution in [1.82, 2.24) is 10.5 Å². The predicted octanol–water partition coefficient (Wildman–Crippen LogP) is 2.67. The van der Waals surface area contributed by atoms with E-state index >= 15 is 0 Å². The topological polar surface area (TPSA) is 132 Å². The number of carbonyl (C=O) groups is 2. The third kappa shape index (κ3) is 4.64. The number of hydrogen-bond donors (Lipinski definition) is 2. The summed E-state index contributed by atoms with van der Waals surface area (Å²) < 4.78 is 28.3. The number of carbonyl (C=O) groups excluding carboxylic acids is 2. The molecule has 0 saturated heterocycles. The van der Waals surface area contributed by atoms with Gasteiger partial charge in [-0.15, -0.1) is 0 Å². The summed E-state index contributed by atoms with van der Waals surface area (Å²) in [7, 11) is -2.25. The van der Waals surface area contributed by atoms with Crippen LogP contribution in [0.4, 0.5) is 0 Å². The highest BCUT2D eigenvalue weighted by molar-refractivity contribution is 7.89. The minimum atomic E-state index is -3.78. The molecule has 0 aliphatic heterocycles. The average Bonchev–Trinajstić information content (AvgIpc) is 3.12. The third-order valence-electron chi connectivity index (χ3n) is 4.67. The standard InChI is InChI=1S/C21H21N3O5S/c1-13-20(15-7-9-17(10-8-15)30(22,27)28)21(24-29-13)16-5-3-14(4-6-16)18(25)11-12-19(26)23-2/h3-10H,11-12H2,1-2H3,(H,23,26)(H2,22,27,28). The Kier molecular flexibility index (Phi) is 6.14. The van der Waals surface area contributed by atoms with Gasteiger partial charge in [-0.25, -0.2) is 13.6 Å². The van der Waals surface area contributed by atoms with E-state index in [1.807, 2.05) is 0 Å². The Morgan fingerprint density at radius 3 is 2.17 bits per heavy atom. The number of aromatic nitrogens is 1. The molecule has 3 rings (SSSR count). The summed E-state index contributed by atoms with van der Waals surface area (Å²) in [5.74, 6) is 0.260. The number of nitrogens with zero attached hydrogens (tertiary/aromatic N) is 1. The van der Waals surface area contributed by atoms with Crippen LogP contribution in [0.1, 0.15) is 29.0 Å². The maximum Gasteiger partial charge on any atom is 0.238 e. The Labute approximate surface area is 174 Å². The molecule has 1 amide bonds. The van der Waals surface area contributed by atoms with Gasteiger partial charge < -0.3 is 9.84 Å². The number of sulfonamides is 1. The number of primary sulfonamides is 1. The molecular weight excluding hydrogens is 406 g/mol. The zero-order valence-electron chi connectivity index (χ0n) is 16.5. The normalized spacial score (nSPS) is 11.3. The number of nitrogens with one attached hydrogen (secondary N) is 1. The molecule has 0 unspecified atom stereocenters. The number of aryl methyl sites for hydroxylation is 1. The van der Waals surface area contributed by atoms with Crippen LogP contribution in [0.3, 0.4) is 0 Å². The Hall–Kier alpha value is -3.30. The molecule has 3 N–H and O–H groups in total. The number of Topliss-reactive ketones (excluding diaryl/α,β-unsaturated/α-hetero) is 1. The smallest absolute Gasteiger partial charge is 0.238 e. The van der Waals surface area contributed by atoms with Gasteiger partial charge in [-0.2, -0.15) is 0 Å². The van der Waals surface area contributed by atoms with Crippen LogP contribution in [-0.4, -0.2) is 32.3 Å². The van der Waals surface area contributed by atoms with Crippen molar-refractivity contribution < 1.29 is 22.5 Å². The summed E-state index contributed by atoms with van der Waals surface area (Å²) in [6.07, 6.45) is 0.266. The first-order valence-corrected chi connectivity index (χ1v) is 10.7. The van der Waals surface area contributed by atoms with Gasteiger partial charge in [0.2, 0.25) is 15.9 Å². The number of rotatable bonds is 7. The van der Waals surface area contributed by atoms with Crippen LogP contribution in [0, 0.1) is 6.92 Å². The third-order valence-corrected chi connectivity index (χ3v) is 5.60. The molecule has 9 heteroatoms. The molecule has 0 saturated carbocycles. The highest BCUT2D eigenvalue weighted by atomic mass is 32.2. The van der Waals surface area contributed by atoms with Gasteiger partial charge in [0.25, 0.3) is 0 Å². The molecule has 0 aliphatic carbocycles. The second-order valence-electron chi connectivity index (χ2n) is 6.71. The van der Waals surface area contributed by atoms with E-state index in [2.05, 4.69) is 10.5 Å². The molecule has 0 radical (unpaired) electrons. The van der Waals surface area contributed by atoms with E-state index in [4.69, 9.17) is 9.66 Å². The van der Waals surface area contributed by atoms with Crippen molar-refractivity contribution >= 4 is 21.7 Å². The van der Waals surface area contributed by atoms with Gasteiger partial charge in [0.05, 0.1) is 10.5 Å². The van der Waals surface area contributed by atoms with Crippen LogP contribution >= 0.6 is 0 Å². The van der Waals surface area contributed by atoms with E-state index in [0.717, 1.165) is 16.7 Å². The van der Waals surface area contributed by atoms with E-state index in [1.54, 1.807) is 43.3 Å². The van der Waals surface area contributed by atoms with Crippen LogP contribution in [-0.2, 0) is 14.8 Å². The molecule has 0 bridgehead atoms. The summed E-state index contributed by atoms with van der Waals surface area (Å²) >= 11 is 0. The number of hydrogen-bond acceptors (Lipinski definition) is 6. The summed E-state index contributed by atoms with van der Waals surface area (Å²) in [6.45, 7) is 1.76. The molecule has 1 heterocycles. The summed E-state index contributed by atoms with van der Waals surface area (Å²) in [4.78, 5) is 23.6. The molecule has 156 valence electrons. The minimum Gasteiger partial charge on any atom is -0.360 e. The van der Waals surface area contributed by atoms with Crippen LogP contribution < -0.4 is 10.5 Å². The SMILES string of the molecule is CNC(=O)CCC(=O)c1ccc(-c2noc(C)c2-c2ccc(S(N)(=O)=O)cc2)cc1. The van der Waals surface area contributed by atoms with Crippen LogP contribution in [0.15, 0.2) is 57.9 Å². The van der Waals surface area contributed by atoms with Crippen LogP contribution in [0.25, 0.3) is 22.4 Å². The fourth-order valence-corrected chi connectivity index (χ4v) is 3.55. The molecule has 0 atom stereocenters. The van der Waals surface area contributed by atoms with Gasteiger partial charge in [0, 0.05) is 31.0 Å². The van der Waals surface area contributed by atoms with Crippen molar-refractivity contribution in [2.75, 3.05) is 7.05 Å². The number of ketones is 1. The van der Waals surface area contributed by atoms with Crippen molar-refractivity contribution in [3.8, 4) is 22.4 Å². The lowest BCUT2D eigenvalue weighted by atomic mass is 9.98. The molecule has 8 nitrogen and oxygen atoms in total. The maximum atomic E-state index is 12.2. The molecule has 3 aromatic rings. The summed E-state index contributed by atoms with van der Waals surface area (Å²) in [6, 6.07) is 13.0. The van der Waals surface area contributed by atoms with Crippen molar-refractivity contribution in [2.24, 2.45) is 5.14 Å². The Bertz CT molecular complexity index is 1180. The molecular formula is C21H21N3O5S. The number of nitrogens with two attached hydrogens (primary N) is 1. The lowest BCUT2D eigenvalue weighted by Gasteiger charge is -2.06. The Morgan fingerprint density at radius 1 is 1.00 bits per heavy atom. The maximum absolute atomic E-state index is 12.2. The van der Waals surface area contributed by atoms with E-state index < -0.39 is 10.0 Å². The zero-order valence-corrected chi connectivity index (χ0v) is 17.3. The lowest BCUT2D eigenvalue weighted by molar-refractivity contribution is -0.120. The van der Waals surface area contributed by atoms with Gasteiger partial charge in [-0.3, -0.25) is 9.59 Å². The van der Waals surface area contributed by atoms with Crippen LogP contribution in [0.2, 0.25) is 0 Å². The molecule has 30 heavy (non-hydrogen) atoms. The Morgan fingerprint density at radius 2 is 1.60 bits per heavy atom. The van der Waals surface area contributed by atoms with Gasteiger partial charge >= 0.3 is 0 Å². The average molecular weight is 427 g/mol. The summed E-state index contributed by atoms with van der Waals surface area (Å²) in [5.41, 5.74) is 3.25. The zero-order chi connectivity index (χ0) is 21.9. The second kappa shape index (κ2) is 8.60. The van der Waals surface area contributed by atoms with E-state index in [1.165, 1.54) is 19.2 Å². The van der Waals surface area contributed by atoms with Crippen molar-refractivity contribution in [3.63, 3.8) is 0 Å². The van der Waals surface area contributed by atoms with Crippen LogP contribution in [0.5, 0.6) is 0 Å². The van der Waals surface area contributed by atoms with E-state index in [-0.39, 0.29) is 29.4 Å². The van der Waals surface area contributed by atoms with Crippen molar-refractivity contribution in [2.45, 2.75) is 24.7 Å². The van der Waals surface area contributed by atoms with Crippen molar-refractivity contribution in [1.29, 1.82) is 0 Å². The number of amides is 1. The van der Waals surface area contributed by atoms with E-state index in [0.29, 0.717) is 17.0 Å². The monoisotopic (exact) mass is 427 g/mol. The van der Waals surface area contributed by atoms with Gasteiger partial charge in [0.15, 0.2) is 5.78 Å². The predicted molar refractivity (Wildman–Crippen MR) is 111 cm³/mol. The lowest BCUT2D eigenvalue weighted by Crippen LogP contribution is -2.18. The highest BCUT2D eigenvalue weighted by Gasteiger charge is 2.18. The molecule has 0 aliphatic rings. The minimum absolute atomic E-state index is 0.0153. The first-order chi connectivity index (χ1) is 14.2. The first-order valence-electron chi connectivity index (χ1n) is 9.14. The molecule has 0 fully saturated rings. The second-order valence-corrected chi connectivity index (χ2v) is 8.27. The molecule has 1 aromatic heterocycles. The fourth-order valence-electron chi connectivity index (χ4n) is 3.03. The van der Waals surface area contributed by atoms with Gasteiger partial charge in [-0.1, -0.05) is 41.6 Å². The highest BCUT2D eigenvalue weighted by Crippen LogP contribution is 2.34. The fraction of sp³-hybridized carbons (Fsp3) is 0.190. The quantitative estimate of drug-likeness (QED) is 0.557. The largest absolute Gasteiger partial charge is 0.360 e. The summed E-state index contributed by atoms with van der Waals surface area (Å²) in [5, 5.41) is 11.8. The van der Waals surface area contributed by atoms with Gasteiger partial charge in [-0.05, 0) is 24.6 Å². The van der Waals surface area contributed by atoms with E-state index in [9.17, 15) is 18.0 Å². The number of benzene rings is 2. The molecule has 0 spiro atoms.